The minimum atomic E-state index is -0.726. The molecule has 1 unspecified atom stereocenters. The van der Waals surface area contributed by atoms with E-state index in [-0.39, 0.29) is 30.1 Å². The molecule has 11 heteroatoms. The molecule has 0 saturated carbocycles. The summed E-state index contributed by atoms with van der Waals surface area (Å²) in [5.41, 5.74) is 1.05. The molecule has 1 fully saturated rings. The molecular formula is C19H21F2N7O2. The molecule has 0 radical (unpaired) electrons. The third-order valence-electron chi connectivity index (χ3n) is 5.10. The summed E-state index contributed by atoms with van der Waals surface area (Å²) in [6, 6.07) is 2.39. The second-order valence-electron chi connectivity index (χ2n) is 7.33. The first-order chi connectivity index (χ1) is 14.3. The van der Waals surface area contributed by atoms with Crippen molar-refractivity contribution in [1.29, 1.82) is 0 Å². The Hall–Kier alpha value is -3.50. The van der Waals surface area contributed by atoms with Gasteiger partial charge in [-0.25, -0.2) is 18.4 Å². The van der Waals surface area contributed by atoms with Gasteiger partial charge in [0.1, 0.15) is 24.0 Å². The zero-order valence-corrected chi connectivity index (χ0v) is 16.5. The highest BCUT2D eigenvalue weighted by Gasteiger charge is 2.37. The number of fused-ring (bicyclic) bond motifs is 1. The Kier molecular flexibility index (Phi) is 5.10. The van der Waals surface area contributed by atoms with Gasteiger partial charge in [-0.05, 0) is 31.5 Å². The third kappa shape index (κ3) is 3.82. The normalized spacial score (nSPS) is 21.1. The molecule has 0 bridgehead atoms. The van der Waals surface area contributed by atoms with Crippen LogP contribution in [0.1, 0.15) is 29.5 Å². The smallest absolute Gasteiger partial charge is 0.291 e. The van der Waals surface area contributed by atoms with Crippen LogP contribution in [0.4, 0.5) is 8.78 Å². The molecule has 1 aromatic heterocycles. The number of amides is 2. The molecular weight excluding hydrogens is 396 g/mol. The number of rotatable bonds is 4. The lowest BCUT2D eigenvalue weighted by Gasteiger charge is -2.30. The molecule has 2 amide bonds. The zero-order valence-electron chi connectivity index (χ0n) is 16.5. The summed E-state index contributed by atoms with van der Waals surface area (Å²) in [6.45, 7) is 2.42. The van der Waals surface area contributed by atoms with Crippen LogP contribution in [0.25, 0.3) is 0 Å². The predicted molar refractivity (Wildman–Crippen MR) is 102 cm³/mol. The minimum Gasteiger partial charge on any atom is -0.351 e. The number of nitrogens with zero attached hydrogens (tertiary/aromatic N) is 5. The van der Waals surface area contributed by atoms with Gasteiger partial charge in [0.15, 0.2) is 6.29 Å². The number of carbonyl (C=O) groups excluding carboxylic acids is 2. The number of hydrogen-bond acceptors (Lipinski definition) is 6. The van der Waals surface area contributed by atoms with E-state index in [0.717, 1.165) is 23.9 Å². The monoisotopic (exact) mass is 417 g/mol. The highest BCUT2D eigenvalue weighted by molar-refractivity contribution is 5.94. The second-order valence-corrected chi connectivity index (χ2v) is 7.33. The molecule has 2 aliphatic rings. The molecule has 1 saturated heterocycles. The fraction of sp³-hybridized carbons (Fsp3) is 0.368. The first-order valence-electron chi connectivity index (χ1n) is 9.43. The van der Waals surface area contributed by atoms with Crippen molar-refractivity contribution in [2.75, 3.05) is 13.6 Å². The largest absolute Gasteiger partial charge is 0.351 e. The molecule has 0 spiro atoms. The van der Waals surface area contributed by atoms with Crippen molar-refractivity contribution >= 4 is 11.8 Å². The van der Waals surface area contributed by atoms with Crippen LogP contribution in [0.15, 0.2) is 36.4 Å². The van der Waals surface area contributed by atoms with Crippen molar-refractivity contribution in [2.45, 2.75) is 32.2 Å². The van der Waals surface area contributed by atoms with Gasteiger partial charge in [0, 0.05) is 31.1 Å². The molecule has 30 heavy (non-hydrogen) atoms. The van der Waals surface area contributed by atoms with Crippen LogP contribution >= 0.6 is 0 Å². The minimum absolute atomic E-state index is 0.0804. The quantitative estimate of drug-likeness (QED) is 0.757. The van der Waals surface area contributed by atoms with Crippen molar-refractivity contribution in [2.24, 2.45) is 0 Å². The number of likely N-dealkylation sites (N-methyl/N-ethyl adjacent to an activating group) is 1. The van der Waals surface area contributed by atoms with E-state index in [1.165, 1.54) is 11.0 Å². The molecule has 4 rings (SSSR count). The maximum atomic E-state index is 13.8. The number of benzene rings is 1. The Balaban J connectivity index is 1.43. The zero-order chi connectivity index (χ0) is 21.4. The van der Waals surface area contributed by atoms with Gasteiger partial charge in [-0.3, -0.25) is 9.59 Å². The summed E-state index contributed by atoms with van der Waals surface area (Å²) >= 11 is 0. The average Bonchev–Trinajstić information content (AvgIpc) is 3.31. The molecule has 3 heterocycles. The van der Waals surface area contributed by atoms with Crippen molar-refractivity contribution in [1.82, 2.24) is 35.2 Å². The van der Waals surface area contributed by atoms with Crippen LogP contribution in [0, 0.1) is 11.6 Å². The highest BCUT2D eigenvalue weighted by atomic mass is 19.1. The Morgan fingerprint density at radius 2 is 2.17 bits per heavy atom. The Labute approximate surface area is 171 Å². The van der Waals surface area contributed by atoms with Gasteiger partial charge in [-0.2, -0.15) is 0 Å². The summed E-state index contributed by atoms with van der Waals surface area (Å²) in [5, 5.41) is 9.91. The van der Waals surface area contributed by atoms with Crippen molar-refractivity contribution < 1.29 is 18.4 Å². The summed E-state index contributed by atoms with van der Waals surface area (Å²) in [4.78, 5) is 32.8. The molecule has 0 aliphatic carbocycles. The van der Waals surface area contributed by atoms with Crippen molar-refractivity contribution in [3.8, 4) is 0 Å². The lowest BCUT2D eigenvalue weighted by atomic mass is 10.2. The molecule has 158 valence electrons. The van der Waals surface area contributed by atoms with Gasteiger partial charge in [-0.1, -0.05) is 0 Å². The Bertz CT molecular complexity index is 1020. The van der Waals surface area contributed by atoms with Crippen molar-refractivity contribution in [3.05, 3.63) is 59.4 Å². The summed E-state index contributed by atoms with van der Waals surface area (Å²) in [7, 11) is 1.67. The average molecular weight is 417 g/mol. The van der Waals surface area contributed by atoms with E-state index in [9.17, 15) is 18.4 Å². The van der Waals surface area contributed by atoms with E-state index < -0.39 is 23.6 Å². The fourth-order valence-corrected chi connectivity index (χ4v) is 3.59. The lowest BCUT2D eigenvalue weighted by molar-refractivity contribution is -0.135. The topological polar surface area (TPSA) is 95.4 Å². The van der Waals surface area contributed by atoms with E-state index >= 15 is 0 Å². The van der Waals surface area contributed by atoms with E-state index in [1.807, 2.05) is 18.0 Å². The van der Waals surface area contributed by atoms with E-state index in [0.29, 0.717) is 13.0 Å². The highest BCUT2D eigenvalue weighted by Crippen LogP contribution is 2.19. The number of hydrogen-bond donors (Lipinski definition) is 2. The fourth-order valence-electron chi connectivity index (χ4n) is 3.59. The SMILES string of the molecule is CC1=CN2CC[C@@H](NC(=O)c3ncn(Cc4cc(F)ccc4F)n3)C(=O)N(C)C2N1. The molecule has 1 aromatic carbocycles. The van der Waals surface area contributed by atoms with Gasteiger partial charge >= 0.3 is 0 Å². The molecule has 2 atom stereocenters. The first kappa shape index (κ1) is 19.8. The van der Waals surface area contributed by atoms with Crippen LogP contribution in [-0.4, -0.2) is 62.3 Å². The molecule has 2 aliphatic heterocycles. The van der Waals surface area contributed by atoms with Crippen molar-refractivity contribution in [3.63, 3.8) is 0 Å². The molecule has 9 nitrogen and oxygen atoms in total. The van der Waals surface area contributed by atoms with Gasteiger partial charge in [0.05, 0.1) is 6.54 Å². The molecule has 2 aromatic rings. The van der Waals surface area contributed by atoms with Crippen LogP contribution in [0.2, 0.25) is 0 Å². The first-order valence-corrected chi connectivity index (χ1v) is 9.43. The lowest BCUT2D eigenvalue weighted by Crippen LogP contribution is -2.53. The predicted octanol–water partition coefficient (Wildman–Crippen LogP) is 0.615. The summed E-state index contributed by atoms with van der Waals surface area (Å²) in [5.74, 6) is -2.14. The van der Waals surface area contributed by atoms with E-state index in [1.54, 1.807) is 11.9 Å². The van der Waals surface area contributed by atoms with Crippen LogP contribution in [0.5, 0.6) is 0 Å². The van der Waals surface area contributed by atoms with Gasteiger partial charge in [-0.15, -0.1) is 5.10 Å². The van der Waals surface area contributed by atoms with E-state index in [2.05, 4.69) is 20.7 Å². The van der Waals surface area contributed by atoms with Crippen LogP contribution in [0.3, 0.4) is 0 Å². The number of nitrogens with one attached hydrogen (secondary N) is 2. The van der Waals surface area contributed by atoms with Crippen LogP contribution in [-0.2, 0) is 11.3 Å². The van der Waals surface area contributed by atoms with E-state index in [4.69, 9.17) is 0 Å². The standard InChI is InChI=1S/C19H21F2N7O2/c1-11-8-27-6-5-15(18(30)26(2)19(27)23-11)24-17(29)16-22-10-28(25-16)9-12-7-13(20)3-4-14(12)21/h3-4,7-8,10,15,19,23H,5-6,9H2,1-2H3,(H,24,29)/t15-,19?/m1/s1. The second kappa shape index (κ2) is 7.73. The van der Waals surface area contributed by atoms with Crippen LogP contribution < -0.4 is 10.6 Å². The summed E-state index contributed by atoms with van der Waals surface area (Å²) in [6.07, 6.45) is 3.34. The number of aromatic nitrogens is 3. The van der Waals surface area contributed by atoms with Gasteiger partial charge in [0.2, 0.25) is 11.7 Å². The number of allylic oxidation sites excluding steroid dienone is 1. The van der Waals surface area contributed by atoms with Gasteiger partial charge < -0.3 is 20.4 Å². The Morgan fingerprint density at radius 1 is 1.37 bits per heavy atom. The molecule has 2 N–H and O–H groups in total. The summed E-state index contributed by atoms with van der Waals surface area (Å²) < 4.78 is 28.4. The third-order valence-corrected chi connectivity index (χ3v) is 5.10. The maximum absolute atomic E-state index is 13.8. The van der Waals surface area contributed by atoms with Gasteiger partial charge in [0.25, 0.3) is 5.91 Å². The maximum Gasteiger partial charge on any atom is 0.291 e. The number of carbonyl (C=O) groups is 2. The Morgan fingerprint density at radius 3 is 2.97 bits per heavy atom. The number of halogens is 2.